The fourth-order valence-electron chi connectivity index (χ4n) is 1.80. The van der Waals surface area contributed by atoms with Crippen LogP contribution in [0.25, 0.3) is 0 Å². The van der Waals surface area contributed by atoms with Crippen LogP contribution in [-0.2, 0) is 9.59 Å². The highest BCUT2D eigenvalue weighted by atomic mass is 16.4. The Kier molecular flexibility index (Phi) is 7.64. The van der Waals surface area contributed by atoms with Crippen molar-refractivity contribution in [1.29, 1.82) is 0 Å². The van der Waals surface area contributed by atoms with Crippen molar-refractivity contribution in [3.05, 3.63) is 0 Å². The number of rotatable bonds is 8. The summed E-state index contributed by atoms with van der Waals surface area (Å²) in [6, 6.07) is -0.685. The molecule has 0 saturated heterocycles. The molecule has 1 unspecified atom stereocenters. The monoisotopic (exact) mass is 287 g/mol. The molecule has 7 nitrogen and oxygen atoms in total. The highest BCUT2D eigenvalue weighted by molar-refractivity contribution is 5.85. The smallest absolute Gasteiger partial charge is 0.323 e. The van der Waals surface area contributed by atoms with E-state index in [1.807, 2.05) is 20.8 Å². The van der Waals surface area contributed by atoms with E-state index in [0.29, 0.717) is 13.0 Å². The zero-order valence-electron chi connectivity index (χ0n) is 12.6. The van der Waals surface area contributed by atoms with E-state index >= 15 is 0 Å². The van der Waals surface area contributed by atoms with Gasteiger partial charge >= 0.3 is 12.0 Å². The van der Waals surface area contributed by atoms with Gasteiger partial charge in [-0.2, -0.15) is 0 Å². The summed E-state index contributed by atoms with van der Waals surface area (Å²) >= 11 is 0. The molecule has 1 atom stereocenters. The van der Waals surface area contributed by atoms with E-state index < -0.39 is 17.9 Å². The average molecular weight is 287 g/mol. The van der Waals surface area contributed by atoms with Gasteiger partial charge in [0.1, 0.15) is 13.1 Å². The summed E-state index contributed by atoms with van der Waals surface area (Å²) in [5.74, 6) is -1.54. The van der Waals surface area contributed by atoms with Crippen molar-refractivity contribution in [2.45, 2.75) is 40.2 Å². The van der Waals surface area contributed by atoms with Gasteiger partial charge in [-0.15, -0.1) is 0 Å². The van der Waals surface area contributed by atoms with Crippen molar-refractivity contribution in [2.24, 2.45) is 11.7 Å². The van der Waals surface area contributed by atoms with E-state index in [1.54, 1.807) is 6.92 Å². The Bertz CT molecular complexity index is 358. The number of carbonyl (C=O) groups is 3. The predicted octanol–water partition coefficient (Wildman–Crippen LogP) is 0.735. The lowest BCUT2D eigenvalue weighted by Crippen LogP contribution is -2.52. The number of nitrogens with zero attached hydrogens (tertiary/aromatic N) is 2. The van der Waals surface area contributed by atoms with Gasteiger partial charge in [0.2, 0.25) is 5.91 Å². The largest absolute Gasteiger partial charge is 0.480 e. The van der Waals surface area contributed by atoms with Crippen molar-refractivity contribution in [1.82, 2.24) is 9.80 Å². The van der Waals surface area contributed by atoms with Gasteiger partial charge in [0, 0.05) is 12.6 Å². The molecule has 0 heterocycles. The highest BCUT2D eigenvalue weighted by Crippen LogP contribution is 2.10. The van der Waals surface area contributed by atoms with Crippen LogP contribution in [-0.4, -0.2) is 58.5 Å². The zero-order valence-corrected chi connectivity index (χ0v) is 12.6. The second-order valence-corrected chi connectivity index (χ2v) is 5.30. The Labute approximate surface area is 119 Å². The number of amides is 3. The number of carbonyl (C=O) groups excluding carboxylic acids is 2. The molecular formula is C13H25N3O4. The van der Waals surface area contributed by atoms with Crippen LogP contribution in [0, 0.1) is 5.92 Å². The molecule has 0 fully saturated rings. The van der Waals surface area contributed by atoms with Crippen LogP contribution in [0.1, 0.15) is 34.1 Å². The lowest BCUT2D eigenvalue weighted by molar-refractivity contribution is -0.138. The molecule has 0 radical (unpaired) electrons. The standard InChI is InChI=1S/C13H25N3O4/c1-5-10(4)16(8-12(18)19)13(20)15(6-9(2)3)7-11(14)17/h9-10H,5-8H2,1-4H3,(H2,14,17)(H,18,19). The Morgan fingerprint density at radius 2 is 1.70 bits per heavy atom. The molecule has 3 amide bonds. The summed E-state index contributed by atoms with van der Waals surface area (Å²) in [7, 11) is 0. The molecule has 20 heavy (non-hydrogen) atoms. The summed E-state index contributed by atoms with van der Waals surface area (Å²) in [6.07, 6.45) is 0.630. The van der Waals surface area contributed by atoms with E-state index in [1.165, 1.54) is 9.80 Å². The van der Waals surface area contributed by atoms with Gasteiger partial charge in [-0.1, -0.05) is 20.8 Å². The second kappa shape index (κ2) is 8.39. The molecule has 0 rings (SSSR count). The Morgan fingerprint density at radius 1 is 1.15 bits per heavy atom. The topological polar surface area (TPSA) is 104 Å². The third kappa shape index (κ3) is 6.40. The van der Waals surface area contributed by atoms with Gasteiger partial charge in [0.25, 0.3) is 0 Å². The van der Waals surface area contributed by atoms with Crippen LogP contribution >= 0.6 is 0 Å². The van der Waals surface area contributed by atoms with E-state index in [2.05, 4.69) is 0 Å². The minimum atomic E-state index is -1.08. The molecule has 0 bridgehead atoms. The molecule has 0 spiro atoms. The summed E-state index contributed by atoms with van der Waals surface area (Å²) in [4.78, 5) is 37.0. The maximum absolute atomic E-state index is 12.4. The first-order valence-electron chi connectivity index (χ1n) is 6.74. The lowest BCUT2D eigenvalue weighted by Gasteiger charge is -2.33. The van der Waals surface area contributed by atoms with Gasteiger partial charge in [-0.25, -0.2) is 4.79 Å². The van der Waals surface area contributed by atoms with Crippen LogP contribution < -0.4 is 5.73 Å². The average Bonchev–Trinajstić information content (AvgIpc) is 2.32. The normalized spacial score (nSPS) is 12.1. The molecule has 3 N–H and O–H groups in total. The van der Waals surface area contributed by atoms with E-state index in [9.17, 15) is 14.4 Å². The van der Waals surface area contributed by atoms with E-state index in [4.69, 9.17) is 10.8 Å². The molecule has 0 aliphatic carbocycles. The second-order valence-electron chi connectivity index (χ2n) is 5.30. The first-order chi connectivity index (χ1) is 9.18. The molecule has 0 aliphatic heterocycles. The van der Waals surface area contributed by atoms with E-state index in [0.717, 1.165) is 0 Å². The quantitative estimate of drug-likeness (QED) is 0.686. The number of hydrogen-bond donors (Lipinski definition) is 2. The number of aliphatic carboxylic acids is 1. The number of hydrogen-bond acceptors (Lipinski definition) is 3. The maximum Gasteiger partial charge on any atom is 0.323 e. The van der Waals surface area contributed by atoms with Crippen molar-refractivity contribution in [2.75, 3.05) is 19.6 Å². The Hall–Kier alpha value is -1.79. The SMILES string of the molecule is CCC(C)N(CC(=O)O)C(=O)N(CC(N)=O)CC(C)C. The third-order valence-corrected chi connectivity index (χ3v) is 2.88. The summed E-state index contributed by atoms with van der Waals surface area (Å²) in [5.41, 5.74) is 5.15. The summed E-state index contributed by atoms with van der Waals surface area (Å²) in [5, 5.41) is 8.92. The number of primary amides is 1. The molecular weight excluding hydrogens is 262 g/mol. The molecule has 7 heteroatoms. The Morgan fingerprint density at radius 3 is 2.05 bits per heavy atom. The van der Waals surface area contributed by atoms with Gasteiger partial charge in [-0.3, -0.25) is 9.59 Å². The first-order valence-corrected chi connectivity index (χ1v) is 6.74. The summed E-state index contributed by atoms with van der Waals surface area (Å²) < 4.78 is 0. The molecule has 116 valence electrons. The van der Waals surface area contributed by atoms with Crippen LogP contribution in [0.3, 0.4) is 0 Å². The zero-order chi connectivity index (χ0) is 15.9. The minimum Gasteiger partial charge on any atom is -0.480 e. The van der Waals surface area contributed by atoms with Crippen LogP contribution in [0.15, 0.2) is 0 Å². The molecule has 0 aromatic rings. The molecule has 0 aliphatic rings. The highest BCUT2D eigenvalue weighted by Gasteiger charge is 2.27. The minimum absolute atomic E-state index is 0.155. The van der Waals surface area contributed by atoms with Gasteiger partial charge in [0.05, 0.1) is 0 Å². The number of carboxylic acids is 1. The van der Waals surface area contributed by atoms with Crippen molar-refractivity contribution in [3.63, 3.8) is 0 Å². The van der Waals surface area contributed by atoms with Gasteiger partial charge in [-0.05, 0) is 19.3 Å². The Balaban J connectivity index is 5.11. The van der Waals surface area contributed by atoms with Crippen LogP contribution in [0.2, 0.25) is 0 Å². The fraction of sp³-hybridized carbons (Fsp3) is 0.769. The van der Waals surface area contributed by atoms with Gasteiger partial charge in [0.15, 0.2) is 0 Å². The predicted molar refractivity (Wildman–Crippen MR) is 75.1 cm³/mol. The summed E-state index contributed by atoms with van der Waals surface area (Å²) in [6.45, 7) is 7.23. The van der Waals surface area contributed by atoms with Crippen LogP contribution in [0.5, 0.6) is 0 Å². The molecule has 0 aromatic carbocycles. The maximum atomic E-state index is 12.4. The number of urea groups is 1. The van der Waals surface area contributed by atoms with Crippen molar-refractivity contribution >= 4 is 17.9 Å². The third-order valence-electron chi connectivity index (χ3n) is 2.88. The molecule has 0 saturated carbocycles. The fourth-order valence-corrected chi connectivity index (χ4v) is 1.80. The molecule has 0 aromatic heterocycles. The first kappa shape index (κ1) is 18.2. The lowest BCUT2D eigenvalue weighted by atomic mass is 10.2. The van der Waals surface area contributed by atoms with Crippen molar-refractivity contribution in [3.8, 4) is 0 Å². The van der Waals surface area contributed by atoms with Gasteiger partial charge < -0.3 is 20.6 Å². The number of carboxylic acid groups (broad SMARTS) is 1. The number of nitrogens with two attached hydrogens (primary N) is 1. The van der Waals surface area contributed by atoms with Crippen molar-refractivity contribution < 1.29 is 19.5 Å². The van der Waals surface area contributed by atoms with Crippen LogP contribution in [0.4, 0.5) is 4.79 Å². The van der Waals surface area contributed by atoms with E-state index in [-0.39, 0.29) is 25.0 Å².